The van der Waals surface area contributed by atoms with Gasteiger partial charge in [-0.3, -0.25) is 4.98 Å². The van der Waals surface area contributed by atoms with Crippen molar-refractivity contribution in [2.75, 3.05) is 4.90 Å². The Morgan fingerprint density at radius 3 is 2.29 bits per heavy atom. The molecule has 2 atom stereocenters. The van der Waals surface area contributed by atoms with Gasteiger partial charge in [0, 0.05) is 29.0 Å². The Morgan fingerprint density at radius 1 is 0.914 bits per heavy atom. The largest absolute Gasteiger partial charge is 0.491 e. The van der Waals surface area contributed by atoms with E-state index in [1.165, 1.54) is 17.0 Å². The van der Waals surface area contributed by atoms with Crippen molar-refractivity contribution in [3.8, 4) is 11.4 Å². The molecule has 0 bridgehead atoms. The van der Waals surface area contributed by atoms with Crippen LogP contribution in [0.1, 0.15) is 48.6 Å². The normalized spacial score (nSPS) is 17.6. The van der Waals surface area contributed by atoms with Crippen LogP contribution in [0.2, 0.25) is 0 Å². The van der Waals surface area contributed by atoms with Gasteiger partial charge >= 0.3 is 0 Å². The molecule has 1 saturated heterocycles. The molecule has 1 N–H and O–H groups in total. The number of hydrogen-bond donors (Lipinski definition) is 1. The molecule has 1 aliphatic heterocycles. The molecule has 5 nitrogen and oxygen atoms in total. The molecule has 2 aromatic carbocycles. The molecular formula is C29H30N4OS. The number of aryl methyl sites for hydroxylation is 1. The predicted molar refractivity (Wildman–Crippen MR) is 145 cm³/mol. The first-order valence-electron chi connectivity index (χ1n) is 12.0. The Balaban J connectivity index is 1.62. The van der Waals surface area contributed by atoms with E-state index in [0.29, 0.717) is 5.11 Å². The van der Waals surface area contributed by atoms with Crippen LogP contribution in [-0.2, 0) is 0 Å². The van der Waals surface area contributed by atoms with Crippen LogP contribution in [0.25, 0.3) is 5.69 Å². The van der Waals surface area contributed by atoms with Crippen molar-refractivity contribution in [1.29, 1.82) is 0 Å². The molecule has 3 heterocycles. The van der Waals surface area contributed by atoms with E-state index in [-0.39, 0.29) is 18.2 Å². The standard InChI is InChI=1S/C29H30N4OS/c1-19(2)34-24-15-13-23(14-16-24)33-28(27(31-29(33)35)26-12-8-9-17-30-26)25-18-20(3)32(21(25)4)22-10-6-5-7-11-22/h5-19,27-28H,1-4H3,(H,31,35)/t27-,28+/m0/s1. The summed E-state index contributed by atoms with van der Waals surface area (Å²) in [5.74, 6) is 0.849. The lowest BCUT2D eigenvalue weighted by Gasteiger charge is -2.28. The zero-order valence-corrected chi connectivity index (χ0v) is 21.3. The molecular weight excluding hydrogens is 452 g/mol. The van der Waals surface area contributed by atoms with Gasteiger partial charge < -0.3 is 19.5 Å². The highest BCUT2D eigenvalue weighted by Crippen LogP contribution is 2.44. The highest BCUT2D eigenvalue weighted by molar-refractivity contribution is 7.80. The second-order valence-electron chi connectivity index (χ2n) is 9.15. The molecule has 6 heteroatoms. The summed E-state index contributed by atoms with van der Waals surface area (Å²) < 4.78 is 8.18. The van der Waals surface area contributed by atoms with E-state index in [2.05, 4.69) is 82.1 Å². The van der Waals surface area contributed by atoms with Crippen molar-refractivity contribution in [2.24, 2.45) is 0 Å². The monoisotopic (exact) mass is 482 g/mol. The number of thiocarbonyl (C=S) groups is 1. The number of pyridine rings is 1. The molecule has 4 aromatic rings. The van der Waals surface area contributed by atoms with Crippen molar-refractivity contribution < 1.29 is 4.74 Å². The van der Waals surface area contributed by atoms with E-state index in [9.17, 15) is 0 Å². The minimum absolute atomic E-state index is 0.0575. The number of anilines is 1. The molecule has 0 saturated carbocycles. The molecule has 2 aromatic heterocycles. The van der Waals surface area contributed by atoms with E-state index in [1.807, 2.05) is 50.4 Å². The van der Waals surface area contributed by atoms with Crippen LogP contribution in [0.3, 0.4) is 0 Å². The average Bonchev–Trinajstić information content (AvgIpc) is 3.35. The molecule has 0 amide bonds. The lowest BCUT2D eigenvalue weighted by atomic mass is 9.96. The van der Waals surface area contributed by atoms with E-state index < -0.39 is 0 Å². The number of aromatic nitrogens is 2. The van der Waals surface area contributed by atoms with Crippen LogP contribution in [0.4, 0.5) is 5.69 Å². The van der Waals surface area contributed by atoms with E-state index in [4.69, 9.17) is 17.0 Å². The van der Waals surface area contributed by atoms with Crippen molar-refractivity contribution in [3.05, 3.63) is 108 Å². The molecule has 0 aliphatic carbocycles. The quantitative estimate of drug-likeness (QED) is 0.320. The van der Waals surface area contributed by atoms with E-state index in [0.717, 1.165) is 22.8 Å². The summed E-state index contributed by atoms with van der Waals surface area (Å²) in [6.45, 7) is 8.40. The summed E-state index contributed by atoms with van der Waals surface area (Å²) in [7, 11) is 0. The number of rotatable bonds is 6. The predicted octanol–water partition coefficient (Wildman–Crippen LogP) is 6.45. The maximum absolute atomic E-state index is 5.90. The molecule has 0 radical (unpaired) electrons. The van der Waals surface area contributed by atoms with Gasteiger partial charge in [0.25, 0.3) is 0 Å². The molecule has 1 aliphatic rings. The maximum Gasteiger partial charge on any atom is 0.174 e. The van der Waals surface area contributed by atoms with Gasteiger partial charge in [0.1, 0.15) is 5.75 Å². The maximum atomic E-state index is 5.90. The Bertz CT molecular complexity index is 1320. The summed E-state index contributed by atoms with van der Waals surface area (Å²) in [6.07, 6.45) is 1.96. The first kappa shape index (κ1) is 23.1. The van der Waals surface area contributed by atoms with Gasteiger partial charge in [0.2, 0.25) is 0 Å². The number of ether oxygens (including phenoxy) is 1. The van der Waals surface area contributed by atoms with Gasteiger partial charge in [-0.25, -0.2) is 0 Å². The Kier molecular flexibility index (Phi) is 6.31. The van der Waals surface area contributed by atoms with Crippen molar-refractivity contribution in [3.63, 3.8) is 0 Å². The Morgan fingerprint density at radius 2 is 1.63 bits per heavy atom. The lowest BCUT2D eigenvalue weighted by molar-refractivity contribution is 0.242. The molecule has 0 unspecified atom stereocenters. The molecule has 1 fully saturated rings. The van der Waals surface area contributed by atoms with Gasteiger partial charge in [-0.15, -0.1) is 0 Å². The van der Waals surface area contributed by atoms with E-state index >= 15 is 0 Å². The second-order valence-corrected chi connectivity index (χ2v) is 9.54. The Hall–Kier alpha value is -3.64. The molecule has 178 valence electrons. The molecule has 35 heavy (non-hydrogen) atoms. The number of nitrogens with zero attached hydrogens (tertiary/aromatic N) is 3. The van der Waals surface area contributed by atoms with E-state index in [1.54, 1.807) is 0 Å². The fourth-order valence-corrected chi connectivity index (χ4v) is 5.31. The van der Waals surface area contributed by atoms with Crippen molar-refractivity contribution >= 4 is 23.0 Å². The fraction of sp³-hybridized carbons (Fsp3) is 0.241. The first-order valence-corrected chi connectivity index (χ1v) is 12.4. The molecule has 0 spiro atoms. The highest BCUT2D eigenvalue weighted by Gasteiger charge is 2.42. The minimum atomic E-state index is -0.0833. The third-order valence-corrected chi connectivity index (χ3v) is 6.70. The van der Waals surface area contributed by atoms with Gasteiger partial charge in [-0.1, -0.05) is 24.3 Å². The third-order valence-electron chi connectivity index (χ3n) is 6.39. The van der Waals surface area contributed by atoms with Crippen LogP contribution >= 0.6 is 12.2 Å². The molecule has 5 rings (SSSR count). The SMILES string of the molecule is Cc1cc([C@@H]2[C@H](c3ccccn3)NC(=S)N2c2ccc(OC(C)C)cc2)c(C)n1-c1ccccc1. The smallest absolute Gasteiger partial charge is 0.174 e. The summed E-state index contributed by atoms with van der Waals surface area (Å²) in [5, 5.41) is 4.25. The minimum Gasteiger partial charge on any atom is -0.491 e. The zero-order chi connectivity index (χ0) is 24.5. The summed E-state index contributed by atoms with van der Waals surface area (Å²) in [5.41, 5.74) is 6.73. The summed E-state index contributed by atoms with van der Waals surface area (Å²) in [6, 6.07) is 26.8. The topological polar surface area (TPSA) is 42.3 Å². The van der Waals surface area contributed by atoms with Crippen LogP contribution in [0.5, 0.6) is 5.75 Å². The van der Waals surface area contributed by atoms with Crippen LogP contribution in [0.15, 0.2) is 85.1 Å². The van der Waals surface area contributed by atoms with Crippen molar-refractivity contribution in [1.82, 2.24) is 14.9 Å². The number of nitrogens with one attached hydrogen (secondary N) is 1. The average molecular weight is 483 g/mol. The first-order chi connectivity index (χ1) is 16.9. The number of para-hydroxylation sites is 1. The lowest BCUT2D eigenvalue weighted by Crippen LogP contribution is -2.29. The van der Waals surface area contributed by atoms with Gasteiger partial charge in [-0.05, 0) is 100 Å². The number of benzene rings is 2. The zero-order valence-electron chi connectivity index (χ0n) is 20.5. The van der Waals surface area contributed by atoms with Crippen LogP contribution < -0.4 is 15.0 Å². The van der Waals surface area contributed by atoms with Crippen LogP contribution in [-0.4, -0.2) is 20.8 Å². The van der Waals surface area contributed by atoms with Crippen LogP contribution in [0, 0.1) is 13.8 Å². The Labute approximate surface area is 212 Å². The third kappa shape index (κ3) is 4.42. The van der Waals surface area contributed by atoms with Gasteiger partial charge in [0.15, 0.2) is 5.11 Å². The van der Waals surface area contributed by atoms with Gasteiger partial charge in [-0.2, -0.15) is 0 Å². The highest BCUT2D eigenvalue weighted by atomic mass is 32.1. The summed E-state index contributed by atoms with van der Waals surface area (Å²) in [4.78, 5) is 6.90. The summed E-state index contributed by atoms with van der Waals surface area (Å²) >= 11 is 5.90. The van der Waals surface area contributed by atoms with Gasteiger partial charge in [0.05, 0.1) is 23.9 Å². The second kappa shape index (κ2) is 9.55. The fourth-order valence-electron chi connectivity index (χ4n) is 4.97. The van der Waals surface area contributed by atoms with Crippen molar-refractivity contribution in [2.45, 2.75) is 45.9 Å². The number of hydrogen-bond acceptors (Lipinski definition) is 3.